The van der Waals surface area contributed by atoms with Crippen molar-refractivity contribution in [3.63, 3.8) is 0 Å². The highest BCUT2D eigenvalue weighted by Gasteiger charge is 2.44. The Morgan fingerprint density at radius 2 is 2.00 bits per heavy atom. The number of amidine groups is 1. The van der Waals surface area contributed by atoms with Crippen molar-refractivity contribution in [3.05, 3.63) is 54.1 Å². The first-order chi connectivity index (χ1) is 12.3. The molecule has 0 bridgehead atoms. The number of hydrogen-bond acceptors (Lipinski definition) is 4. The van der Waals surface area contributed by atoms with E-state index < -0.39 is 0 Å². The van der Waals surface area contributed by atoms with Gasteiger partial charge in [-0.1, -0.05) is 37.6 Å². The number of nitrogens with zero attached hydrogens (tertiary/aromatic N) is 4. The topological polar surface area (TPSA) is 33.4 Å². The van der Waals surface area contributed by atoms with E-state index in [0.29, 0.717) is 11.3 Å². The van der Waals surface area contributed by atoms with E-state index in [0.717, 1.165) is 12.2 Å². The molecule has 0 amide bonds. The van der Waals surface area contributed by atoms with Gasteiger partial charge in [-0.15, -0.1) is 0 Å². The summed E-state index contributed by atoms with van der Waals surface area (Å²) in [6.45, 7) is 3.38. The number of fused-ring (bicyclic) bond motifs is 1. The molecule has 2 aliphatic heterocycles. The Hall–Kier alpha value is -1.75. The van der Waals surface area contributed by atoms with E-state index in [1.165, 1.54) is 36.5 Å². The SMILES string of the molecule is C[C@H]1CN2C(=N[C@H](c3ccccn3)[C@@H]2c2cccn2C2CCCC2)S1. The molecule has 3 atom stereocenters. The zero-order chi connectivity index (χ0) is 16.8. The van der Waals surface area contributed by atoms with E-state index in [9.17, 15) is 0 Å². The monoisotopic (exact) mass is 352 g/mol. The van der Waals surface area contributed by atoms with Crippen molar-refractivity contribution in [2.45, 2.75) is 56.0 Å². The van der Waals surface area contributed by atoms with Crippen LogP contribution in [0, 0.1) is 0 Å². The summed E-state index contributed by atoms with van der Waals surface area (Å²) in [5, 5.41) is 1.81. The summed E-state index contributed by atoms with van der Waals surface area (Å²) >= 11 is 1.91. The first-order valence-corrected chi connectivity index (χ1v) is 10.3. The molecule has 5 heteroatoms. The third-order valence-corrected chi connectivity index (χ3v) is 6.82. The average molecular weight is 353 g/mol. The molecule has 2 aromatic rings. The van der Waals surface area contributed by atoms with Crippen LogP contribution in [0.3, 0.4) is 0 Å². The van der Waals surface area contributed by atoms with Crippen molar-refractivity contribution in [1.82, 2.24) is 14.5 Å². The largest absolute Gasteiger partial charge is 0.346 e. The first kappa shape index (κ1) is 15.5. The summed E-state index contributed by atoms with van der Waals surface area (Å²) in [6, 6.07) is 11.8. The minimum absolute atomic E-state index is 0.103. The number of aliphatic imine (C=N–C) groups is 1. The van der Waals surface area contributed by atoms with Crippen LogP contribution < -0.4 is 0 Å². The third kappa shape index (κ3) is 2.60. The lowest BCUT2D eigenvalue weighted by molar-refractivity contribution is 0.299. The van der Waals surface area contributed by atoms with Gasteiger partial charge in [-0.05, 0) is 37.1 Å². The predicted octanol–water partition coefficient (Wildman–Crippen LogP) is 4.59. The zero-order valence-electron chi connectivity index (χ0n) is 14.6. The highest BCUT2D eigenvalue weighted by atomic mass is 32.2. The minimum Gasteiger partial charge on any atom is -0.346 e. The highest BCUT2D eigenvalue weighted by molar-refractivity contribution is 8.14. The normalized spacial score (nSPS) is 29.2. The van der Waals surface area contributed by atoms with Crippen LogP contribution in [0.4, 0.5) is 0 Å². The molecule has 4 heterocycles. The Kier molecular flexibility index (Phi) is 3.85. The summed E-state index contributed by atoms with van der Waals surface area (Å²) < 4.78 is 2.54. The predicted molar refractivity (Wildman–Crippen MR) is 103 cm³/mol. The maximum Gasteiger partial charge on any atom is 0.160 e. The molecule has 4 nitrogen and oxygen atoms in total. The molecule has 0 aromatic carbocycles. The fraction of sp³-hybridized carbons (Fsp3) is 0.500. The van der Waals surface area contributed by atoms with Gasteiger partial charge in [0.15, 0.2) is 5.17 Å². The number of rotatable bonds is 3. The summed E-state index contributed by atoms with van der Waals surface area (Å²) in [5.74, 6) is 0. The molecule has 1 saturated carbocycles. The van der Waals surface area contributed by atoms with Crippen LogP contribution in [0.25, 0.3) is 0 Å². The Morgan fingerprint density at radius 1 is 1.12 bits per heavy atom. The van der Waals surface area contributed by atoms with Crippen LogP contribution in [-0.2, 0) is 0 Å². The molecule has 2 aromatic heterocycles. The maximum atomic E-state index is 5.11. The van der Waals surface area contributed by atoms with Gasteiger partial charge in [-0.3, -0.25) is 9.98 Å². The second kappa shape index (κ2) is 6.20. The lowest BCUT2D eigenvalue weighted by Crippen LogP contribution is -2.30. The molecule has 1 aliphatic carbocycles. The smallest absolute Gasteiger partial charge is 0.160 e. The third-order valence-electron chi connectivity index (χ3n) is 5.71. The Balaban J connectivity index is 1.57. The van der Waals surface area contributed by atoms with Gasteiger partial charge in [-0.25, -0.2) is 0 Å². The van der Waals surface area contributed by atoms with Crippen LogP contribution in [0.15, 0.2) is 47.7 Å². The highest BCUT2D eigenvalue weighted by Crippen LogP contribution is 2.48. The molecule has 0 N–H and O–H groups in total. The van der Waals surface area contributed by atoms with Crippen LogP contribution in [0.5, 0.6) is 0 Å². The minimum atomic E-state index is 0.103. The van der Waals surface area contributed by atoms with Gasteiger partial charge in [0.25, 0.3) is 0 Å². The molecule has 0 spiro atoms. The summed E-state index contributed by atoms with van der Waals surface area (Å²) in [5.41, 5.74) is 2.50. The van der Waals surface area contributed by atoms with E-state index in [-0.39, 0.29) is 12.1 Å². The molecule has 25 heavy (non-hydrogen) atoms. The Bertz CT molecular complexity index is 778. The molecule has 2 fully saturated rings. The lowest BCUT2D eigenvalue weighted by atomic mass is 10.0. The van der Waals surface area contributed by atoms with Crippen molar-refractivity contribution >= 4 is 16.9 Å². The Labute approximate surface area is 153 Å². The van der Waals surface area contributed by atoms with Crippen molar-refractivity contribution in [3.8, 4) is 0 Å². The average Bonchev–Trinajstić information content (AvgIpc) is 3.38. The van der Waals surface area contributed by atoms with Gasteiger partial charge >= 0.3 is 0 Å². The number of hydrogen-bond donors (Lipinski definition) is 0. The van der Waals surface area contributed by atoms with Gasteiger partial charge in [0.1, 0.15) is 6.04 Å². The van der Waals surface area contributed by atoms with Gasteiger partial charge in [0, 0.05) is 35.9 Å². The summed E-state index contributed by atoms with van der Waals surface area (Å²) in [7, 11) is 0. The van der Waals surface area contributed by atoms with E-state index >= 15 is 0 Å². The van der Waals surface area contributed by atoms with E-state index in [1.54, 1.807) is 0 Å². The molecular formula is C20H24N4S. The summed E-state index contributed by atoms with van der Waals surface area (Å²) in [6.07, 6.45) is 9.50. The van der Waals surface area contributed by atoms with Gasteiger partial charge < -0.3 is 9.47 Å². The first-order valence-electron chi connectivity index (χ1n) is 9.40. The van der Waals surface area contributed by atoms with Crippen molar-refractivity contribution < 1.29 is 0 Å². The lowest BCUT2D eigenvalue weighted by Gasteiger charge is -2.30. The molecule has 0 unspecified atom stereocenters. The van der Waals surface area contributed by atoms with Gasteiger partial charge in [0.05, 0.1) is 11.7 Å². The quantitative estimate of drug-likeness (QED) is 0.810. The molecule has 130 valence electrons. The van der Waals surface area contributed by atoms with Crippen molar-refractivity contribution in [2.24, 2.45) is 4.99 Å². The zero-order valence-corrected chi connectivity index (χ0v) is 15.4. The van der Waals surface area contributed by atoms with Crippen molar-refractivity contribution in [1.29, 1.82) is 0 Å². The second-order valence-corrected chi connectivity index (χ2v) is 8.82. The number of aromatic nitrogens is 2. The second-order valence-electron chi connectivity index (χ2n) is 7.42. The van der Waals surface area contributed by atoms with Crippen LogP contribution in [0.2, 0.25) is 0 Å². The van der Waals surface area contributed by atoms with E-state index in [2.05, 4.69) is 51.8 Å². The summed E-state index contributed by atoms with van der Waals surface area (Å²) in [4.78, 5) is 12.3. The molecule has 3 aliphatic rings. The number of pyridine rings is 1. The van der Waals surface area contributed by atoms with Crippen LogP contribution in [-0.4, -0.2) is 31.4 Å². The Morgan fingerprint density at radius 3 is 2.80 bits per heavy atom. The van der Waals surface area contributed by atoms with E-state index in [4.69, 9.17) is 4.99 Å². The maximum absolute atomic E-state index is 5.11. The molecule has 5 rings (SSSR count). The standard InChI is InChI=1S/C20H24N4S/c1-14-13-24-19(17-10-6-12-23(17)15-7-2-3-8-15)18(22-20(24)25-14)16-9-4-5-11-21-16/h4-6,9-12,14-15,18-19H,2-3,7-8,13H2,1H3/t14-,18+,19-/m0/s1. The van der Waals surface area contributed by atoms with E-state index in [1.807, 2.05) is 24.0 Å². The van der Waals surface area contributed by atoms with Gasteiger partial charge in [-0.2, -0.15) is 0 Å². The fourth-order valence-electron chi connectivity index (χ4n) is 4.61. The molecule has 1 saturated heterocycles. The van der Waals surface area contributed by atoms with Gasteiger partial charge in [0.2, 0.25) is 0 Å². The van der Waals surface area contributed by atoms with Crippen LogP contribution >= 0.6 is 11.8 Å². The van der Waals surface area contributed by atoms with Crippen LogP contribution in [0.1, 0.15) is 62.1 Å². The molecule has 0 radical (unpaired) electrons. The molecular weight excluding hydrogens is 328 g/mol. The fourth-order valence-corrected chi connectivity index (χ4v) is 5.70. The van der Waals surface area contributed by atoms with Crippen molar-refractivity contribution in [2.75, 3.05) is 6.54 Å². The number of thioether (sulfide) groups is 1.